The van der Waals surface area contributed by atoms with E-state index in [2.05, 4.69) is 9.80 Å². The molecule has 1 atom stereocenters. The van der Waals surface area contributed by atoms with Gasteiger partial charge in [0, 0.05) is 56.9 Å². The minimum atomic E-state index is -0.0312. The van der Waals surface area contributed by atoms with Crippen LogP contribution in [0.25, 0.3) is 0 Å². The zero-order valence-corrected chi connectivity index (χ0v) is 15.2. The van der Waals surface area contributed by atoms with Crippen LogP contribution in [0.1, 0.15) is 31.4 Å². The topological polar surface area (TPSA) is 54.8 Å². The number of nitrogens with zero attached hydrogens (tertiary/aromatic N) is 3. The van der Waals surface area contributed by atoms with Crippen molar-refractivity contribution in [1.82, 2.24) is 14.4 Å². The summed E-state index contributed by atoms with van der Waals surface area (Å²) >= 11 is 0. The van der Waals surface area contributed by atoms with Gasteiger partial charge in [-0.25, -0.2) is 0 Å². The van der Waals surface area contributed by atoms with Gasteiger partial charge in [-0.05, 0) is 32.3 Å². The number of aromatic nitrogens is 1. The Morgan fingerprint density at radius 3 is 2.76 bits per heavy atom. The maximum atomic E-state index is 12.8. The summed E-state index contributed by atoms with van der Waals surface area (Å²) in [5, 5.41) is 0. The van der Waals surface area contributed by atoms with Crippen LogP contribution in [0.4, 0.5) is 0 Å². The van der Waals surface area contributed by atoms with Crippen molar-refractivity contribution in [2.24, 2.45) is 0 Å². The highest BCUT2D eigenvalue weighted by atomic mass is 16.5. The van der Waals surface area contributed by atoms with E-state index in [4.69, 9.17) is 4.74 Å². The number of hydrogen-bond donors (Lipinski definition) is 0. The normalized spacial score (nSPS) is 22.1. The number of amides is 1. The van der Waals surface area contributed by atoms with Crippen molar-refractivity contribution in [2.45, 2.75) is 45.2 Å². The molecule has 3 heterocycles. The van der Waals surface area contributed by atoms with E-state index in [0.717, 1.165) is 57.9 Å². The van der Waals surface area contributed by atoms with E-state index >= 15 is 0 Å². The number of piperidine rings is 1. The Labute approximate surface area is 149 Å². The molecular weight excluding hydrogens is 318 g/mol. The summed E-state index contributed by atoms with van der Waals surface area (Å²) in [6, 6.07) is 5.53. The highest BCUT2D eigenvalue weighted by Gasteiger charge is 2.28. The van der Waals surface area contributed by atoms with Gasteiger partial charge < -0.3 is 14.2 Å². The van der Waals surface area contributed by atoms with Gasteiger partial charge >= 0.3 is 0 Å². The molecule has 0 aliphatic carbocycles. The molecule has 6 nitrogen and oxygen atoms in total. The summed E-state index contributed by atoms with van der Waals surface area (Å²) in [6.07, 6.45) is 3.74. The Hall–Kier alpha value is -1.66. The van der Waals surface area contributed by atoms with Gasteiger partial charge in [0.25, 0.3) is 5.56 Å². The van der Waals surface area contributed by atoms with Crippen molar-refractivity contribution < 1.29 is 9.53 Å². The molecule has 6 heteroatoms. The molecule has 138 valence electrons. The molecule has 25 heavy (non-hydrogen) atoms. The van der Waals surface area contributed by atoms with Crippen LogP contribution >= 0.6 is 0 Å². The number of pyridine rings is 1. The van der Waals surface area contributed by atoms with Gasteiger partial charge in [-0.3, -0.25) is 14.5 Å². The lowest BCUT2D eigenvalue weighted by molar-refractivity contribution is -0.135. The van der Waals surface area contributed by atoms with Gasteiger partial charge in [-0.1, -0.05) is 6.07 Å². The fourth-order valence-electron chi connectivity index (χ4n) is 3.86. The molecule has 0 saturated carbocycles. The van der Waals surface area contributed by atoms with Crippen LogP contribution in [0.2, 0.25) is 0 Å². The van der Waals surface area contributed by atoms with Crippen LogP contribution in [0.3, 0.4) is 0 Å². The minimum Gasteiger partial charge on any atom is -0.379 e. The SMILES string of the molecule is Cc1cccc(=O)n1CCC(=O)N1CCCC[C@@H]1CN1CCOCC1. The molecule has 3 rings (SSSR count). The first-order chi connectivity index (χ1) is 12.1. The van der Waals surface area contributed by atoms with Crippen molar-refractivity contribution in [3.63, 3.8) is 0 Å². The quantitative estimate of drug-likeness (QED) is 0.805. The van der Waals surface area contributed by atoms with E-state index in [1.807, 2.05) is 13.0 Å². The number of morpholine rings is 1. The van der Waals surface area contributed by atoms with E-state index in [1.165, 1.54) is 6.42 Å². The highest BCUT2D eigenvalue weighted by Crippen LogP contribution is 2.19. The first-order valence-electron chi connectivity index (χ1n) is 9.41. The molecule has 0 N–H and O–H groups in total. The number of hydrogen-bond acceptors (Lipinski definition) is 4. The molecule has 2 fully saturated rings. The van der Waals surface area contributed by atoms with Gasteiger partial charge in [-0.2, -0.15) is 0 Å². The molecule has 1 aromatic heterocycles. The number of carbonyl (C=O) groups excluding carboxylic acids is 1. The monoisotopic (exact) mass is 347 g/mol. The van der Waals surface area contributed by atoms with E-state index in [1.54, 1.807) is 16.7 Å². The Balaban J connectivity index is 1.59. The van der Waals surface area contributed by atoms with Gasteiger partial charge in [0.05, 0.1) is 13.2 Å². The van der Waals surface area contributed by atoms with E-state index in [-0.39, 0.29) is 11.5 Å². The summed E-state index contributed by atoms with van der Waals surface area (Å²) in [7, 11) is 0. The summed E-state index contributed by atoms with van der Waals surface area (Å²) in [4.78, 5) is 29.3. The van der Waals surface area contributed by atoms with Crippen LogP contribution in [-0.2, 0) is 16.1 Å². The lowest BCUT2D eigenvalue weighted by atomic mass is 10.0. The van der Waals surface area contributed by atoms with Gasteiger partial charge in [0.15, 0.2) is 0 Å². The number of aryl methyl sites for hydroxylation is 1. The third-order valence-electron chi connectivity index (χ3n) is 5.34. The fourth-order valence-corrected chi connectivity index (χ4v) is 3.86. The summed E-state index contributed by atoms with van der Waals surface area (Å²) in [5.74, 6) is 0.174. The average molecular weight is 347 g/mol. The molecule has 0 bridgehead atoms. The molecule has 2 aliphatic heterocycles. The molecule has 0 unspecified atom stereocenters. The number of rotatable bonds is 5. The zero-order chi connectivity index (χ0) is 17.6. The Kier molecular flexibility index (Phi) is 6.26. The molecule has 0 aromatic carbocycles. The maximum Gasteiger partial charge on any atom is 0.250 e. The summed E-state index contributed by atoms with van der Waals surface area (Å²) < 4.78 is 7.11. The molecule has 0 spiro atoms. The van der Waals surface area contributed by atoms with Gasteiger partial charge in [-0.15, -0.1) is 0 Å². The van der Waals surface area contributed by atoms with Crippen LogP contribution in [-0.4, -0.2) is 65.7 Å². The predicted molar refractivity (Wildman–Crippen MR) is 96.7 cm³/mol. The van der Waals surface area contributed by atoms with Crippen LogP contribution < -0.4 is 5.56 Å². The smallest absolute Gasteiger partial charge is 0.250 e. The second kappa shape index (κ2) is 8.63. The highest BCUT2D eigenvalue weighted by molar-refractivity contribution is 5.76. The number of ether oxygens (including phenoxy) is 1. The van der Waals surface area contributed by atoms with Crippen molar-refractivity contribution >= 4 is 5.91 Å². The number of likely N-dealkylation sites (tertiary alicyclic amines) is 1. The lowest BCUT2D eigenvalue weighted by Gasteiger charge is -2.39. The molecule has 0 radical (unpaired) electrons. The van der Waals surface area contributed by atoms with E-state index in [9.17, 15) is 9.59 Å². The van der Waals surface area contributed by atoms with Crippen molar-refractivity contribution in [1.29, 1.82) is 0 Å². The third kappa shape index (κ3) is 4.70. The van der Waals surface area contributed by atoms with Crippen molar-refractivity contribution in [3.8, 4) is 0 Å². The maximum absolute atomic E-state index is 12.8. The summed E-state index contributed by atoms with van der Waals surface area (Å²) in [5.41, 5.74) is 0.875. The lowest BCUT2D eigenvalue weighted by Crippen LogP contribution is -2.51. The Morgan fingerprint density at radius 1 is 1.20 bits per heavy atom. The molecular formula is C19H29N3O3. The molecule has 1 aromatic rings. The minimum absolute atomic E-state index is 0.0312. The van der Waals surface area contributed by atoms with Gasteiger partial charge in [0.1, 0.15) is 0 Å². The Morgan fingerprint density at radius 2 is 2.00 bits per heavy atom. The van der Waals surface area contributed by atoms with E-state index in [0.29, 0.717) is 19.0 Å². The van der Waals surface area contributed by atoms with Gasteiger partial charge in [0.2, 0.25) is 5.91 Å². The van der Waals surface area contributed by atoms with Crippen LogP contribution in [0.15, 0.2) is 23.0 Å². The standard InChI is InChI=1S/C19H29N3O3/c1-16-5-4-7-18(23)21(16)10-8-19(24)22-9-3-2-6-17(22)15-20-11-13-25-14-12-20/h4-5,7,17H,2-3,6,8-15H2,1H3/t17-/m1/s1. The molecule has 1 amide bonds. The van der Waals surface area contributed by atoms with Crippen molar-refractivity contribution in [3.05, 3.63) is 34.2 Å². The Bertz CT molecular complexity index is 637. The first-order valence-corrected chi connectivity index (χ1v) is 9.41. The second-order valence-electron chi connectivity index (χ2n) is 7.06. The van der Waals surface area contributed by atoms with E-state index < -0.39 is 0 Å². The van der Waals surface area contributed by atoms with Crippen molar-refractivity contribution in [2.75, 3.05) is 39.4 Å². The summed E-state index contributed by atoms with van der Waals surface area (Å²) in [6.45, 7) is 7.65. The largest absolute Gasteiger partial charge is 0.379 e. The zero-order valence-electron chi connectivity index (χ0n) is 15.2. The second-order valence-corrected chi connectivity index (χ2v) is 7.06. The third-order valence-corrected chi connectivity index (χ3v) is 5.34. The van der Waals surface area contributed by atoms with Crippen LogP contribution in [0, 0.1) is 6.92 Å². The number of carbonyl (C=O) groups is 1. The molecule has 2 aliphatic rings. The first kappa shape index (κ1) is 18.1. The predicted octanol–water partition coefficient (Wildman–Crippen LogP) is 1.26. The fraction of sp³-hybridized carbons (Fsp3) is 0.684. The van der Waals surface area contributed by atoms with Crippen LogP contribution in [0.5, 0.6) is 0 Å². The average Bonchev–Trinajstić information content (AvgIpc) is 2.62. The molecule has 2 saturated heterocycles.